The Morgan fingerprint density at radius 1 is 1.10 bits per heavy atom. The fourth-order valence-corrected chi connectivity index (χ4v) is 3.54. The second kappa shape index (κ2) is 10.2. The molecule has 0 bridgehead atoms. The van der Waals surface area contributed by atoms with Gasteiger partial charge >= 0.3 is 0 Å². The molecule has 0 radical (unpaired) electrons. The summed E-state index contributed by atoms with van der Waals surface area (Å²) in [5.41, 5.74) is 1.46. The first-order chi connectivity index (χ1) is 14.5. The summed E-state index contributed by atoms with van der Waals surface area (Å²) in [6.45, 7) is 0. The number of anilines is 1. The first kappa shape index (κ1) is 21.7. The third kappa shape index (κ3) is 5.54. The smallest absolute Gasteiger partial charge is 0.253 e. The summed E-state index contributed by atoms with van der Waals surface area (Å²) in [5, 5.41) is 5.66. The maximum absolute atomic E-state index is 12.4. The summed E-state index contributed by atoms with van der Waals surface area (Å²) in [4.78, 5) is 24.4. The summed E-state index contributed by atoms with van der Waals surface area (Å²) in [7, 11) is 3.12. The van der Waals surface area contributed by atoms with Gasteiger partial charge in [0.2, 0.25) is 5.91 Å². The predicted molar refractivity (Wildman–Crippen MR) is 118 cm³/mol. The van der Waals surface area contributed by atoms with E-state index in [9.17, 15) is 9.59 Å². The lowest BCUT2D eigenvalue weighted by Gasteiger charge is -2.16. The van der Waals surface area contributed by atoms with Crippen molar-refractivity contribution in [1.82, 2.24) is 5.32 Å². The number of carbonyl (C=O) groups excluding carboxylic acids is 2. The van der Waals surface area contributed by atoms with E-state index in [1.165, 1.54) is 32.0 Å². The molecule has 1 aliphatic carbocycles. The van der Waals surface area contributed by atoms with Crippen LogP contribution in [0.5, 0.6) is 11.5 Å². The van der Waals surface area contributed by atoms with Gasteiger partial charge in [0.25, 0.3) is 5.91 Å². The number of hydrogen-bond acceptors (Lipinski definition) is 4. The highest BCUT2D eigenvalue weighted by Gasteiger charge is 2.18. The van der Waals surface area contributed by atoms with E-state index in [0.717, 1.165) is 18.4 Å². The zero-order valence-corrected chi connectivity index (χ0v) is 17.8. The van der Waals surface area contributed by atoms with Crippen LogP contribution < -0.4 is 20.1 Å². The standard InChI is InChI=1S/C23H25ClN2O4/c1-25-23(28)18-10-9-16(24)14-19(18)26-22(27)12-8-15-7-11-20(21(13-15)29-2)30-17-5-3-4-6-17/h7-14,17H,3-6H2,1-2H3,(H,25,28)(H,26,27)/b12-8+. The number of carbonyl (C=O) groups is 2. The molecular weight excluding hydrogens is 404 g/mol. The molecule has 0 unspecified atom stereocenters. The Balaban J connectivity index is 1.70. The maximum atomic E-state index is 12.4. The van der Waals surface area contributed by atoms with Gasteiger partial charge in [0.1, 0.15) is 0 Å². The minimum absolute atomic E-state index is 0.235. The number of nitrogens with one attached hydrogen (secondary N) is 2. The Bertz CT molecular complexity index is 952. The fraction of sp³-hybridized carbons (Fsp3) is 0.304. The van der Waals surface area contributed by atoms with Crippen LogP contribution in [-0.2, 0) is 4.79 Å². The molecule has 0 aliphatic heterocycles. The minimum Gasteiger partial charge on any atom is -0.493 e. The zero-order chi connectivity index (χ0) is 21.5. The molecule has 1 aliphatic rings. The summed E-state index contributed by atoms with van der Waals surface area (Å²) < 4.78 is 11.5. The SMILES string of the molecule is CNC(=O)c1ccc(Cl)cc1NC(=O)/C=C/c1ccc(OC2CCCC2)c(OC)c1. The second-order valence-corrected chi connectivity index (χ2v) is 7.46. The molecule has 0 spiro atoms. The molecule has 0 heterocycles. The Morgan fingerprint density at radius 3 is 2.57 bits per heavy atom. The third-order valence-corrected chi connectivity index (χ3v) is 5.16. The summed E-state index contributed by atoms with van der Waals surface area (Å²) in [6, 6.07) is 10.2. The molecule has 0 saturated heterocycles. The maximum Gasteiger partial charge on any atom is 0.253 e. The lowest BCUT2D eigenvalue weighted by atomic mass is 10.1. The van der Waals surface area contributed by atoms with Crippen molar-refractivity contribution in [1.29, 1.82) is 0 Å². The lowest BCUT2D eigenvalue weighted by Crippen LogP contribution is -2.20. The van der Waals surface area contributed by atoms with Crippen LogP contribution in [0.3, 0.4) is 0 Å². The molecular formula is C23H25ClN2O4. The Labute approximate surface area is 181 Å². The number of rotatable bonds is 7. The van der Waals surface area contributed by atoms with Gasteiger partial charge in [0.15, 0.2) is 11.5 Å². The monoisotopic (exact) mass is 428 g/mol. The van der Waals surface area contributed by atoms with Gasteiger partial charge in [0, 0.05) is 18.1 Å². The number of methoxy groups -OCH3 is 1. The average Bonchev–Trinajstić information content (AvgIpc) is 3.25. The molecule has 2 amide bonds. The van der Waals surface area contributed by atoms with Crippen molar-refractivity contribution in [3.05, 3.63) is 58.6 Å². The van der Waals surface area contributed by atoms with Gasteiger partial charge < -0.3 is 20.1 Å². The first-order valence-electron chi connectivity index (χ1n) is 9.85. The normalized spacial score (nSPS) is 14.0. The summed E-state index contributed by atoms with van der Waals surface area (Å²) in [5.74, 6) is 0.641. The van der Waals surface area contributed by atoms with E-state index in [1.54, 1.807) is 25.3 Å². The Morgan fingerprint density at radius 2 is 1.87 bits per heavy atom. The number of ether oxygens (including phenoxy) is 2. The fourth-order valence-electron chi connectivity index (χ4n) is 3.37. The van der Waals surface area contributed by atoms with Crippen LogP contribution in [0, 0.1) is 0 Å². The van der Waals surface area contributed by atoms with Crippen molar-refractivity contribution < 1.29 is 19.1 Å². The minimum atomic E-state index is -0.382. The van der Waals surface area contributed by atoms with Crippen LogP contribution in [0.15, 0.2) is 42.5 Å². The molecule has 2 aromatic carbocycles. The van der Waals surface area contributed by atoms with Crippen LogP contribution in [-0.4, -0.2) is 32.1 Å². The van der Waals surface area contributed by atoms with Crippen molar-refractivity contribution >= 4 is 35.2 Å². The van der Waals surface area contributed by atoms with Crippen molar-refractivity contribution in [2.45, 2.75) is 31.8 Å². The van der Waals surface area contributed by atoms with Gasteiger partial charge in [-0.1, -0.05) is 17.7 Å². The second-order valence-electron chi connectivity index (χ2n) is 7.03. The van der Waals surface area contributed by atoms with Crippen molar-refractivity contribution in [3.63, 3.8) is 0 Å². The highest BCUT2D eigenvalue weighted by atomic mass is 35.5. The van der Waals surface area contributed by atoms with E-state index >= 15 is 0 Å². The van der Waals surface area contributed by atoms with Gasteiger partial charge in [-0.2, -0.15) is 0 Å². The molecule has 3 rings (SSSR count). The van der Waals surface area contributed by atoms with E-state index in [-0.39, 0.29) is 17.9 Å². The molecule has 1 fully saturated rings. The molecule has 0 aromatic heterocycles. The van der Waals surface area contributed by atoms with E-state index < -0.39 is 0 Å². The molecule has 158 valence electrons. The molecule has 1 saturated carbocycles. The topological polar surface area (TPSA) is 76.7 Å². The van der Waals surface area contributed by atoms with E-state index in [2.05, 4.69) is 10.6 Å². The highest BCUT2D eigenvalue weighted by Crippen LogP contribution is 2.32. The van der Waals surface area contributed by atoms with Crippen LogP contribution in [0.25, 0.3) is 6.08 Å². The van der Waals surface area contributed by atoms with E-state index in [1.807, 2.05) is 18.2 Å². The summed E-state index contributed by atoms with van der Waals surface area (Å²) >= 11 is 6.00. The van der Waals surface area contributed by atoms with Crippen LogP contribution >= 0.6 is 11.6 Å². The third-order valence-electron chi connectivity index (χ3n) is 4.92. The molecule has 30 heavy (non-hydrogen) atoms. The molecule has 2 aromatic rings. The van der Waals surface area contributed by atoms with Gasteiger partial charge in [-0.15, -0.1) is 0 Å². The number of benzene rings is 2. The van der Waals surface area contributed by atoms with Crippen LogP contribution in [0.1, 0.15) is 41.6 Å². The first-order valence-corrected chi connectivity index (χ1v) is 10.2. The predicted octanol–water partition coefficient (Wildman–Crippen LogP) is 4.68. The van der Waals surface area contributed by atoms with Gasteiger partial charge in [-0.25, -0.2) is 0 Å². The molecule has 6 nitrogen and oxygen atoms in total. The highest BCUT2D eigenvalue weighted by molar-refractivity contribution is 6.31. The number of hydrogen-bond donors (Lipinski definition) is 2. The lowest BCUT2D eigenvalue weighted by molar-refractivity contribution is -0.111. The van der Waals surface area contributed by atoms with Crippen molar-refractivity contribution in [3.8, 4) is 11.5 Å². The number of amides is 2. The van der Waals surface area contributed by atoms with Gasteiger partial charge in [-0.05, 0) is 67.7 Å². The van der Waals surface area contributed by atoms with E-state index in [4.69, 9.17) is 21.1 Å². The van der Waals surface area contributed by atoms with Gasteiger partial charge in [-0.3, -0.25) is 9.59 Å². The van der Waals surface area contributed by atoms with Crippen LogP contribution in [0.2, 0.25) is 5.02 Å². The zero-order valence-electron chi connectivity index (χ0n) is 17.0. The largest absolute Gasteiger partial charge is 0.493 e. The van der Waals surface area contributed by atoms with Crippen molar-refractivity contribution in [2.24, 2.45) is 0 Å². The van der Waals surface area contributed by atoms with Crippen LogP contribution in [0.4, 0.5) is 5.69 Å². The Kier molecular flexibility index (Phi) is 7.36. The van der Waals surface area contributed by atoms with Crippen molar-refractivity contribution in [2.75, 3.05) is 19.5 Å². The summed E-state index contributed by atoms with van der Waals surface area (Å²) in [6.07, 6.45) is 7.80. The van der Waals surface area contributed by atoms with Gasteiger partial charge in [0.05, 0.1) is 24.5 Å². The quantitative estimate of drug-likeness (QED) is 0.627. The molecule has 7 heteroatoms. The molecule has 0 atom stereocenters. The average molecular weight is 429 g/mol. The van der Waals surface area contributed by atoms with E-state index in [0.29, 0.717) is 27.8 Å². The molecule has 2 N–H and O–H groups in total. The number of halogens is 1. The Hall–Kier alpha value is -2.99.